The van der Waals surface area contributed by atoms with Crippen molar-refractivity contribution in [3.63, 3.8) is 0 Å². The van der Waals surface area contributed by atoms with Crippen LogP contribution in [0.3, 0.4) is 0 Å². The molecule has 1 heterocycles. The van der Waals surface area contributed by atoms with Crippen molar-refractivity contribution >= 4 is 5.84 Å². The number of rotatable bonds is 27. The number of allylic oxidation sites excluding steroid dienone is 2. The highest BCUT2D eigenvalue weighted by Gasteiger charge is 2.15. The molecular formula is C30H61N5. The zero-order chi connectivity index (χ0) is 25.1. The van der Waals surface area contributed by atoms with Crippen molar-refractivity contribution in [2.45, 2.75) is 122 Å². The molecule has 0 unspecified atom stereocenters. The second kappa shape index (κ2) is 26.2. The van der Waals surface area contributed by atoms with Gasteiger partial charge >= 0.3 is 0 Å². The molecule has 1 aliphatic rings. The number of nitrogens with one attached hydrogen (secondary N) is 2. The van der Waals surface area contributed by atoms with Crippen LogP contribution in [0.1, 0.15) is 122 Å². The summed E-state index contributed by atoms with van der Waals surface area (Å²) in [5.74, 6) is 1.36. The molecule has 0 saturated heterocycles. The lowest BCUT2D eigenvalue weighted by Crippen LogP contribution is -2.37. The number of nitrogens with two attached hydrogens (primary N) is 1. The maximum absolute atomic E-state index is 5.49. The second-order valence-corrected chi connectivity index (χ2v) is 10.3. The molecule has 4 N–H and O–H groups in total. The number of unbranched alkanes of at least 4 members (excludes halogenated alkanes) is 15. The smallest absolute Gasteiger partial charge is 0.0990 e. The first-order valence-electron chi connectivity index (χ1n) is 15.4. The molecule has 5 heteroatoms. The lowest BCUT2D eigenvalue weighted by Gasteiger charge is -2.20. The van der Waals surface area contributed by atoms with Gasteiger partial charge < -0.3 is 21.3 Å². The van der Waals surface area contributed by atoms with Crippen LogP contribution in [0.5, 0.6) is 0 Å². The fourth-order valence-electron chi connectivity index (χ4n) is 4.81. The van der Waals surface area contributed by atoms with Crippen LogP contribution >= 0.6 is 0 Å². The summed E-state index contributed by atoms with van der Waals surface area (Å²) in [6.07, 6.45) is 29.6. The molecule has 0 aromatic rings. The van der Waals surface area contributed by atoms with Gasteiger partial charge in [-0.1, -0.05) is 96.1 Å². The Morgan fingerprint density at radius 3 is 1.86 bits per heavy atom. The predicted octanol–water partition coefficient (Wildman–Crippen LogP) is 6.44. The van der Waals surface area contributed by atoms with Crippen molar-refractivity contribution in [1.82, 2.24) is 15.5 Å². The van der Waals surface area contributed by atoms with Crippen LogP contribution in [0, 0.1) is 0 Å². The quantitative estimate of drug-likeness (QED) is 0.0914. The topological polar surface area (TPSA) is 65.7 Å². The fourth-order valence-corrected chi connectivity index (χ4v) is 4.81. The van der Waals surface area contributed by atoms with Crippen LogP contribution in [-0.2, 0) is 0 Å². The maximum atomic E-state index is 5.49. The summed E-state index contributed by atoms with van der Waals surface area (Å²) < 4.78 is 0. The Balaban J connectivity index is 1.81. The third-order valence-corrected chi connectivity index (χ3v) is 7.05. The minimum atomic E-state index is 0.714. The number of nitrogens with zero attached hydrogens (tertiary/aromatic N) is 2. The molecule has 0 fully saturated rings. The van der Waals surface area contributed by atoms with Gasteiger partial charge in [0.15, 0.2) is 0 Å². The highest BCUT2D eigenvalue weighted by Crippen LogP contribution is 2.14. The molecule has 0 atom stereocenters. The number of hydrogen-bond donors (Lipinski definition) is 3. The van der Waals surface area contributed by atoms with Crippen molar-refractivity contribution < 1.29 is 0 Å². The minimum absolute atomic E-state index is 0.714. The van der Waals surface area contributed by atoms with Crippen LogP contribution in [0.25, 0.3) is 0 Å². The Hall–Kier alpha value is -0.910. The molecule has 0 aromatic heterocycles. The van der Waals surface area contributed by atoms with Crippen LogP contribution < -0.4 is 16.4 Å². The van der Waals surface area contributed by atoms with Crippen LogP contribution in [0.2, 0.25) is 0 Å². The maximum Gasteiger partial charge on any atom is 0.0990 e. The van der Waals surface area contributed by atoms with Crippen molar-refractivity contribution in [2.24, 2.45) is 10.7 Å². The molecule has 1 rings (SSSR count). The highest BCUT2D eigenvalue weighted by molar-refractivity contribution is 5.83. The lowest BCUT2D eigenvalue weighted by molar-refractivity contribution is 0.432. The van der Waals surface area contributed by atoms with Gasteiger partial charge in [-0.15, -0.1) is 0 Å². The zero-order valence-electron chi connectivity index (χ0n) is 23.5. The van der Waals surface area contributed by atoms with Crippen molar-refractivity contribution in [1.29, 1.82) is 0 Å². The average Bonchev–Trinajstić information content (AvgIpc) is 3.32. The second-order valence-electron chi connectivity index (χ2n) is 10.3. The van der Waals surface area contributed by atoms with E-state index in [1.807, 2.05) is 0 Å². The summed E-state index contributed by atoms with van der Waals surface area (Å²) in [7, 11) is 0. The molecule has 1 aliphatic heterocycles. The summed E-state index contributed by atoms with van der Waals surface area (Å²) in [5.41, 5.74) is 5.49. The molecule has 0 spiro atoms. The van der Waals surface area contributed by atoms with E-state index in [0.29, 0.717) is 6.54 Å². The van der Waals surface area contributed by atoms with Crippen LogP contribution in [-0.4, -0.2) is 63.1 Å². The lowest BCUT2D eigenvalue weighted by atomic mass is 10.0. The van der Waals surface area contributed by atoms with Gasteiger partial charge in [0.1, 0.15) is 0 Å². The fraction of sp³-hybridized carbons (Fsp3) is 0.900. The third-order valence-electron chi connectivity index (χ3n) is 7.05. The van der Waals surface area contributed by atoms with Crippen LogP contribution in [0.15, 0.2) is 17.1 Å². The van der Waals surface area contributed by atoms with Crippen molar-refractivity contribution in [2.75, 3.05) is 52.4 Å². The predicted molar refractivity (Wildman–Crippen MR) is 157 cm³/mol. The minimum Gasteiger partial charge on any atom is -0.357 e. The Morgan fingerprint density at radius 1 is 0.714 bits per heavy atom. The monoisotopic (exact) mass is 491 g/mol. The first-order valence-corrected chi connectivity index (χ1v) is 15.4. The third kappa shape index (κ3) is 20.9. The molecule has 5 nitrogen and oxygen atoms in total. The average molecular weight is 492 g/mol. The molecule has 35 heavy (non-hydrogen) atoms. The highest BCUT2D eigenvalue weighted by atomic mass is 15.2. The Kier molecular flexibility index (Phi) is 24.0. The van der Waals surface area contributed by atoms with Gasteiger partial charge in [0.05, 0.1) is 12.4 Å². The van der Waals surface area contributed by atoms with Gasteiger partial charge in [0, 0.05) is 52.2 Å². The molecule has 0 aromatic carbocycles. The number of hydrogen-bond acceptors (Lipinski definition) is 5. The summed E-state index contributed by atoms with van der Waals surface area (Å²) in [6, 6.07) is 0. The van der Waals surface area contributed by atoms with Gasteiger partial charge in [0.25, 0.3) is 0 Å². The molecular weight excluding hydrogens is 430 g/mol. The SMILES string of the molecule is CCCCCCCC=CCCCCCCCCCCCCC1=NCCN1CCNCCNCCN. The zero-order valence-corrected chi connectivity index (χ0v) is 23.5. The van der Waals surface area contributed by atoms with Crippen LogP contribution in [0.4, 0.5) is 0 Å². The number of amidine groups is 1. The van der Waals surface area contributed by atoms with Crippen molar-refractivity contribution in [3.05, 3.63) is 12.2 Å². The molecule has 0 amide bonds. The molecule has 0 aliphatic carbocycles. The first-order chi connectivity index (χ1) is 17.4. The van der Waals surface area contributed by atoms with Gasteiger partial charge in [-0.2, -0.15) is 0 Å². The van der Waals surface area contributed by atoms with E-state index in [2.05, 4.69) is 34.6 Å². The van der Waals surface area contributed by atoms with E-state index >= 15 is 0 Å². The van der Waals surface area contributed by atoms with E-state index in [-0.39, 0.29) is 0 Å². The summed E-state index contributed by atoms with van der Waals surface area (Å²) in [5, 5.41) is 6.84. The van der Waals surface area contributed by atoms with Gasteiger partial charge in [-0.05, 0) is 32.1 Å². The standard InChI is InChI=1S/C30H61N5/c1-2-3-4-5-6-7-8-9-10-11-12-13-14-15-16-17-18-19-20-21-30-34-27-29-35(30)28-26-33-25-24-32-23-22-31/h8-9,32-33H,2-7,10-29,31H2,1H3. The first kappa shape index (κ1) is 32.1. The molecule has 0 saturated carbocycles. The van der Waals surface area contributed by atoms with E-state index in [1.165, 1.54) is 121 Å². The van der Waals surface area contributed by atoms with Crippen molar-refractivity contribution in [3.8, 4) is 0 Å². The van der Waals surface area contributed by atoms with E-state index < -0.39 is 0 Å². The van der Waals surface area contributed by atoms with Gasteiger partial charge in [-0.3, -0.25) is 4.99 Å². The van der Waals surface area contributed by atoms with Gasteiger partial charge in [0.2, 0.25) is 0 Å². The Bertz CT molecular complexity index is 491. The summed E-state index contributed by atoms with van der Waals surface area (Å²) in [4.78, 5) is 7.25. The van der Waals surface area contributed by atoms with E-state index in [1.54, 1.807) is 0 Å². The molecule has 0 radical (unpaired) electrons. The normalized spacial score (nSPS) is 13.9. The Morgan fingerprint density at radius 2 is 1.26 bits per heavy atom. The summed E-state index contributed by atoms with van der Waals surface area (Å²) in [6.45, 7) is 10.1. The van der Waals surface area contributed by atoms with E-state index in [9.17, 15) is 0 Å². The van der Waals surface area contributed by atoms with Gasteiger partial charge in [-0.25, -0.2) is 0 Å². The Labute approximate surface area is 219 Å². The number of aliphatic imine (C=N–C) groups is 1. The molecule has 0 bridgehead atoms. The largest absolute Gasteiger partial charge is 0.357 e. The van der Waals surface area contributed by atoms with E-state index in [4.69, 9.17) is 10.7 Å². The van der Waals surface area contributed by atoms with E-state index in [0.717, 1.165) is 45.8 Å². The summed E-state index contributed by atoms with van der Waals surface area (Å²) >= 11 is 0. The molecule has 206 valence electrons.